The maximum absolute atomic E-state index is 12.7. The van der Waals surface area contributed by atoms with Gasteiger partial charge in [-0.3, -0.25) is 4.79 Å². The van der Waals surface area contributed by atoms with Gasteiger partial charge in [0.05, 0.1) is 18.4 Å². The molecule has 1 atom stereocenters. The molecule has 1 aromatic heterocycles. The molecule has 5 nitrogen and oxygen atoms in total. The van der Waals surface area contributed by atoms with Gasteiger partial charge in [-0.05, 0) is 18.8 Å². The van der Waals surface area contributed by atoms with Crippen LogP contribution in [0.5, 0.6) is 0 Å². The van der Waals surface area contributed by atoms with Crippen molar-refractivity contribution in [3.8, 4) is 0 Å². The molecule has 1 amide bonds. The molecule has 1 saturated heterocycles. The number of ether oxygens (including phenoxy) is 1. The highest BCUT2D eigenvalue weighted by Crippen LogP contribution is 2.24. The first-order valence-electron chi connectivity index (χ1n) is 8.17. The number of thiazole rings is 1. The Labute approximate surface area is 136 Å². The normalized spacial score (nSPS) is 18.9. The Morgan fingerprint density at radius 2 is 2.32 bits per heavy atom. The van der Waals surface area contributed by atoms with Crippen molar-refractivity contribution in [2.45, 2.75) is 52.6 Å². The zero-order valence-corrected chi connectivity index (χ0v) is 14.6. The van der Waals surface area contributed by atoms with Gasteiger partial charge in [-0.1, -0.05) is 44.9 Å². The van der Waals surface area contributed by atoms with Gasteiger partial charge in [0.2, 0.25) is 0 Å². The topological polar surface area (TPSA) is 68.5 Å². The van der Waals surface area contributed by atoms with Crippen LogP contribution in [-0.4, -0.2) is 41.6 Å². The SMILES string of the molecule is CCc1nc(N)sc1C(=O)N1CCO[C@@H](CCCC(C)C)C1. The van der Waals surface area contributed by atoms with Crippen molar-refractivity contribution < 1.29 is 9.53 Å². The summed E-state index contributed by atoms with van der Waals surface area (Å²) < 4.78 is 5.81. The fourth-order valence-corrected chi connectivity index (χ4v) is 3.64. The first-order chi connectivity index (χ1) is 10.5. The third-order valence-corrected chi connectivity index (χ3v) is 4.89. The molecule has 2 rings (SSSR count). The molecule has 6 heteroatoms. The Morgan fingerprint density at radius 1 is 1.55 bits per heavy atom. The van der Waals surface area contributed by atoms with Crippen LogP contribution in [-0.2, 0) is 11.2 Å². The van der Waals surface area contributed by atoms with E-state index in [1.807, 2.05) is 11.8 Å². The van der Waals surface area contributed by atoms with Gasteiger partial charge >= 0.3 is 0 Å². The molecule has 2 heterocycles. The van der Waals surface area contributed by atoms with Crippen LogP contribution in [0.2, 0.25) is 0 Å². The van der Waals surface area contributed by atoms with Crippen LogP contribution >= 0.6 is 11.3 Å². The van der Waals surface area contributed by atoms with Crippen molar-refractivity contribution in [3.05, 3.63) is 10.6 Å². The summed E-state index contributed by atoms with van der Waals surface area (Å²) in [6.45, 7) is 8.42. The van der Waals surface area contributed by atoms with Gasteiger partial charge in [-0.25, -0.2) is 4.98 Å². The second-order valence-corrected chi connectivity index (χ2v) is 7.28. The van der Waals surface area contributed by atoms with Crippen LogP contribution in [0.15, 0.2) is 0 Å². The van der Waals surface area contributed by atoms with E-state index in [0.29, 0.717) is 35.6 Å². The number of morpholine rings is 1. The largest absolute Gasteiger partial charge is 0.375 e. The minimum Gasteiger partial charge on any atom is -0.375 e. The first-order valence-corrected chi connectivity index (χ1v) is 8.99. The van der Waals surface area contributed by atoms with Crippen LogP contribution in [0.4, 0.5) is 5.13 Å². The predicted octanol–water partition coefficient (Wildman–Crippen LogP) is 2.96. The molecule has 2 N–H and O–H groups in total. The Hall–Kier alpha value is -1.14. The third kappa shape index (κ3) is 4.43. The van der Waals surface area contributed by atoms with E-state index in [2.05, 4.69) is 18.8 Å². The lowest BCUT2D eigenvalue weighted by Crippen LogP contribution is -2.45. The summed E-state index contributed by atoms with van der Waals surface area (Å²) >= 11 is 1.30. The van der Waals surface area contributed by atoms with E-state index in [0.717, 1.165) is 25.0 Å². The maximum Gasteiger partial charge on any atom is 0.266 e. The van der Waals surface area contributed by atoms with Gasteiger partial charge in [0, 0.05) is 13.1 Å². The average molecular weight is 325 g/mol. The molecule has 22 heavy (non-hydrogen) atoms. The standard InChI is InChI=1S/C16H27N3O2S/c1-4-13-14(22-16(17)18-13)15(20)19-8-9-21-12(10-19)7-5-6-11(2)3/h11-12H,4-10H2,1-3H3,(H2,17,18)/t12-/m0/s1. The Morgan fingerprint density at radius 3 is 3.00 bits per heavy atom. The predicted molar refractivity (Wildman–Crippen MR) is 90.2 cm³/mol. The number of hydrogen-bond acceptors (Lipinski definition) is 5. The van der Waals surface area contributed by atoms with Crippen LogP contribution < -0.4 is 5.73 Å². The summed E-state index contributed by atoms with van der Waals surface area (Å²) in [5.74, 6) is 0.775. The number of rotatable bonds is 6. The monoisotopic (exact) mass is 325 g/mol. The van der Waals surface area contributed by atoms with E-state index >= 15 is 0 Å². The number of amides is 1. The lowest BCUT2D eigenvalue weighted by Gasteiger charge is -2.33. The van der Waals surface area contributed by atoms with Crippen LogP contribution in [0.3, 0.4) is 0 Å². The first kappa shape index (κ1) is 17.2. The summed E-state index contributed by atoms with van der Waals surface area (Å²) in [4.78, 5) is 19.6. The molecule has 0 aliphatic carbocycles. The molecular formula is C16H27N3O2S. The van der Waals surface area contributed by atoms with Crippen molar-refractivity contribution >= 4 is 22.4 Å². The number of carbonyl (C=O) groups is 1. The number of nitrogen functional groups attached to an aromatic ring is 1. The number of nitrogens with zero attached hydrogens (tertiary/aromatic N) is 2. The highest BCUT2D eigenvalue weighted by molar-refractivity contribution is 7.17. The van der Waals surface area contributed by atoms with Gasteiger partial charge in [-0.2, -0.15) is 0 Å². The van der Waals surface area contributed by atoms with Crippen molar-refractivity contribution in [1.29, 1.82) is 0 Å². The van der Waals surface area contributed by atoms with Crippen molar-refractivity contribution in [1.82, 2.24) is 9.88 Å². The molecule has 0 unspecified atom stereocenters. The third-order valence-electron chi connectivity index (χ3n) is 3.98. The van der Waals surface area contributed by atoms with E-state index < -0.39 is 0 Å². The Kier molecular flexibility index (Phi) is 6.20. The summed E-state index contributed by atoms with van der Waals surface area (Å²) in [6.07, 6.45) is 4.27. The van der Waals surface area contributed by atoms with Gasteiger partial charge in [0.15, 0.2) is 5.13 Å². The van der Waals surface area contributed by atoms with Crippen LogP contribution in [0.1, 0.15) is 55.4 Å². The number of nitrogens with two attached hydrogens (primary N) is 1. The van der Waals surface area contributed by atoms with E-state index in [9.17, 15) is 4.79 Å². The number of aromatic nitrogens is 1. The summed E-state index contributed by atoms with van der Waals surface area (Å²) in [6, 6.07) is 0. The van der Waals surface area contributed by atoms with E-state index in [4.69, 9.17) is 10.5 Å². The fraction of sp³-hybridized carbons (Fsp3) is 0.750. The number of aryl methyl sites for hydroxylation is 1. The molecule has 0 radical (unpaired) electrons. The van der Waals surface area contributed by atoms with Crippen LogP contribution in [0, 0.1) is 5.92 Å². The number of carbonyl (C=O) groups excluding carboxylic acids is 1. The number of hydrogen-bond donors (Lipinski definition) is 1. The number of anilines is 1. The summed E-state index contributed by atoms with van der Waals surface area (Å²) in [7, 11) is 0. The minimum absolute atomic E-state index is 0.0585. The molecular weight excluding hydrogens is 298 g/mol. The zero-order valence-electron chi connectivity index (χ0n) is 13.8. The van der Waals surface area contributed by atoms with Crippen molar-refractivity contribution in [2.75, 3.05) is 25.4 Å². The maximum atomic E-state index is 12.7. The van der Waals surface area contributed by atoms with Crippen LogP contribution in [0.25, 0.3) is 0 Å². The Balaban J connectivity index is 1.95. The molecule has 124 valence electrons. The van der Waals surface area contributed by atoms with Crippen molar-refractivity contribution in [3.63, 3.8) is 0 Å². The Bertz CT molecular complexity index is 502. The van der Waals surface area contributed by atoms with Gasteiger partial charge in [-0.15, -0.1) is 0 Å². The second kappa shape index (κ2) is 7.92. The molecule has 0 aromatic carbocycles. The van der Waals surface area contributed by atoms with Gasteiger partial charge in [0.1, 0.15) is 4.88 Å². The zero-order chi connectivity index (χ0) is 16.1. The lowest BCUT2D eigenvalue weighted by atomic mass is 10.0. The molecule has 1 aromatic rings. The summed E-state index contributed by atoms with van der Waals surface area (Å²) in [5.41, 5.74) is 6.57. The fourth-order valence-electron chi connectivity index (χ4n) is 2.75. The van der Waals surface area contributed by atoms with E-state index in [1.165, 1.54) is 17.8 Å². The average Bonchev–Trinajstić information content (AvgIpc) is 2.87. The summed E-state index contributed by atoms with van der Waals surface area (Å²) in [5, 5.41) is 0.474. The minimum atomic E-state index is 0.0585. The molecule has 0 saturated carbocycles. The van der Waals surface area contributed by atoms with Gasteiger partial charge < -0.3 is 15.4 Å². The van der Waals surface area contributed by atoms with E-state index in [1.54, 1.807) is 0 Å². The van der Waals surface area contributed by atoms with Gasteiger partial charge in [0.25, 0.3) is 5.91 Å². The van der Waals surface area contributed by atoms with Crippen molar-refractivity contribution in [2.24, 2.45) is 5.92 Å². The molecule has 1 fully saturated rings. The molecule has 0 spiro atoms. The highest BCUT2D eigenvalue weighted by Gasteiger charge is 2.27. The highest BCUT2D eigenvalue weighted by atomic mass is 32.1. The smallest absolute Gasteiger partial charge is 0.266 e. The molecule has 1 aliphatic rings. The molecule has 0 bridgehead atoms. The second-order valence-electron chi connectivity index (χ2n) is 6.25. The van der Waals surface area contributed by atoms with E-state index in [-0.39, 0.29) is 12.0 Å². The lowest BCUT2D eigenvalue weighted by molar-refractivity contribution is -0.0259. The molecule has 1 aliphatic heterocycles. The quantitative estimate of drug-likeness (QED) is 0.873.